The summed E-state index contributed by atoms with van der Waals surface area (Å²) in [5.74, 6) is 1.01. The largest absolute Gasteiger partial charge is 0.497 e. The van der Waals surface area contributed by atoms with Gasteiger partial charge in [0.15, 0.2) is 0 Å². The molecule has 0 saturated carbocycles. The molecule has 0 aliphatic rings. The lowest BCUT2D eigenvalue weighted by molar-refractivity contribution is 0.102. The highest BCUT2D eigenvalue weighted by molar-refractivity contribution is 6.03. The van der Waals surface area contributed by atoms with Crippen LogP contribution in [0.5, 0.6) is 5.75 Å². The molecule has 1 amide bonds. The molecule has 0 unspecified atom stereocenters. The average Bonchev–Trinajstić information content (AvgIpc) is 2.68. The summed E-state index contributed by atoms with van der Waals surface area (Å²) < 4.78 is 18.4. The number of anilines is 2. The predicted molar refractivity (Wildman–Crippen MR) is 106 cm³/mol. The molecule has 0 bridgehead atoms. The summed E-state index contributed by atoms with van der Waals surface area (Å²) in [5, 5.41) is 5.85. The molecule has 0 radical (unpaired) electrons. The van der Waals surface area contributed by atoms with Gasteiger partial charge in [0.25, 0.3) is 5.91 Å². The van der Waals surface area contributed by atoms with E-state index in [2.05, 4.69) is 20.6 Å². The maximum Gasteiger partial charge on any atom is 0.274 e. The molecule has 0 atom stereocenters. The SMILES string of the molecule is COc1ccc(CCNc2cc(C(=O)Nc3cccc(F)c3)nc(C)n2)cc1. The van der Waals surface area contributed by atoms with E-state index in [-0.39, 0.29) is 5.69 Å². The first-order valence-corrected chi connectivity index (χ1v) is 8.83. The summed E-state index contributed by atoms with van der Waals surface area (Å²) in [6.07, 6.45) is 0.790. The molecular formula is C21H21FN4O2. The molecule has 0 fully saturated rings. The number of benzene rings is 2. The van der Waals surface area contributed by atoms with Gasteiger partial charge in [0, 0.05) is 18.3 Å². The van der Waals surface area contributed by atoms with Crippen molar-refractivity contribution in [2.45, 2.75) is 13.3 Å². The van der Waals surface area contributed by atoms with Gasteiger partial charge in [0.1, 0.15) is 28.9 Å². The second-order valence-electron chi connectivity index (χ2n) is 6.17. The number of hydrogen-bond donors (Lipinski definition) is 2. The number of carbonyl (C=O) groups is 1. The van der Waals surface area contributed by atoms with Gasteiger partial charge in [0.2, 0.25) is 0 Å². The standard InChI is InChI=1S/C21H21FN4O2/c1-14-24-19(21(27)26-17-5-3-4-16(22)12-17)13-20(25-14)23-11-10-15-6-8-18(28-2)9-7-15/h3-9,12-13H,10-11H2,1-2H3,(H,26,27)(H,23,24,25). The van der Waals surface area contributed by atoms with Crippen molar-refractivity contribution in [3.05, 3.63) is 77.5 Å². The number of aryl methyl sites for hydroxylation is 1. The topological polar surface area (TPSA) is 76.1 Å². The van der Waals surface area contributed by atoms with E-state index in [9.17, 15) is 9.18 Å². The lowest BCUT2D eigenvalue weighted by atomic mass is 10.1. The van der Waals surface area contributed by atoms with E-state index in [1.165, 1.54) is 18.2 Å². The Kier molecular flexibility index (Phi) is 6.16. The minimum absolute atomic E-state index is 0.212. The number of methoxy groups -OCH3 is 1. The Hall–Kier alpha value is -3.48. The van der Waals surface area contributed by atoms with E-state index in [1.54, 1.807) is 26.2 Å². The highest BCUT2D eigenvalue weighted by atomic mass is 19.1. The van der Waals surface area contributed by atoms with Crippen LogP contribution in [0.3, 0.4) is 0 Å². The molecule has 3 aromatic rings. The number of amides is 1. The molecule has 6 nitrogen and oxygen atoms in total. The van der Waals surface area contributed by atoms with E-state index in [0.29, 0.717) is 23.9 Å². The third-order valence-corrected chi connectivity index (χ3v) is 4.03. The number of aromatic nitrogens is 2. The quantitative estimate of drug-likeness (QED) is 0.651. The molecule has 2 N–H and O–H groups in total. The van der Waals surface area contributed by atoms with Gasteiger partial charge in [-0.2, -0.15) is 0 Å². The fourth-order valence-electron chi connectivity index (χ4n) is 2.66. The smallest absolute Gasteiger partial charge is 0.274 e. The van der Waals surface area contributed by atoms with E-state index >= 15 is 0 Å². The Labute approximate surface area is 162 Å². The fourth-order valence-corrected chi connectivity index (χ4v) is 2.66. The van der Waals surface area contributed by atoms with Gasteiger partial charge in [-0.25, -0.2) is 14.4 Å². The second-order valence-corrected chi connectivity index (χ2v) is 6.17. The number of ether oxygens (including phenoxy) is 1. The number of nitrogens with one attached hydrogen (secondary N) is 2. The highest BCUT2D eigenvalue weighted by Gasteiger charge is 2.11. The first-order chi connectivity index (χ1) is 13.5. The van der Waals surface area contributed by atoms with Crippen molar-refractivity contribution in [3.63, 3.8) is 0 Å². The molecule has 2 aromatic carbocycles. The molecule has 7 heteroatoms. The van der Waals surface area contributed by atoms with Crippen LogP contribution in [-0.2, 0) is 6.42 Å². The zero-order chi connectivity index (χ0) is 19.9. The summed E-state index contributed by atoms with van der Waals surface area (Å²) >= 11 is 0. The summed E-state index contributed by atoms with van der Waals surface area (Å²) in [4.78, 5) is 20.9. The van der Waals surface area contributed by atoms with Crippen LogP contribution < -0.4 is 15.4 Å². The van der Waals surface area contributed by atoms with Crippen LogP contribution in [0.4, 0.5) is 15.9 Å². The van der Waals surface area contributed by atoms with Crippen molar-refractivity contribution in [3.8, 4) is 5.75 Å². The molecule has 1 heterocycles. The third kappa shape index (κ3) is 5.26. The van der Waals surface area contributed by atoms with E-state index in [4.69, 9.17) is 4.74 Å². The number of rotatable bonds is 7. The maximum atomic E-state index is 13.3. The Balaban J connectivity index is 1.62. The van der Waals surface area contributed by atoms with Crippen LogP contribution in [-0.4, -0.2) is 29.5 Å². The fraction of sp³-hybridized carbons (Fsp3) is 0.190. The number of carbonyl (C=O) groups excluding carboxylic acids is 1. The van der Waals surface area contributed by atoms with Gasteiger partial charge in [-0.05, 0) is 49.2 Å². The number of halogens is 1. The summed E-state index contributed by atoms with van der Waals surface area (Å²) in [7, 11) is 1.63. The monoisotopic (exact) mass is 380 g/mol. The van der Waals surface area contributed by atoms with Crippen molar-refractivity contribution < 1.29 is 13.9 Å². The van der Waals surface area contributed by atoms with Gasteiger partial charge in [0.05, 0.1) is 7.11 Å². The van der Waals surface area contributed by atoms with Crippen molar-refractivity contribution in [1.29, 1.82) is 0 Å². The first-order valence-electron chi connectivity index (χ1n) is 8.83. The predicted octanol–water partition coefficient (Wildman–Crippen LogP) is 3.84. The summed E-state index contributed by atoms with van der Waals surface area (Å²) in [6, 6.07) is 15.1. The third-order valence-electron chi connectivity index (χ3n) is 4.03. The summed E-state index contributed by atoms with van der Waals surface area (Å²) in [5.41, 5.74) is 1.74. The molecule has 0 aliphatic carbocycles. The van der Waals surface area contributed by atoms with Crippen LogP contribution in [0, 0.1) is 12.7 Å². The maximum absolute atomic E-state index is 13.3. The van der Waals surface area contributed by atoms with E-state index < -0.39 is 11.7 Å². The summed E-state index contributed by atoms with van der Waals surface area (Å²) in [6.45, 7) is 2.36. The van der Waals surface area contributed by atoms with Crippen LogP contribution in [0.15, 0.2) is 54.6 Å². The van der Waals surface area contributed by atoms with E-state index in [1.807, 2.05) is 24.3 Å². The molecular weight excluding hydrogens is 359 g/mol. The Morgan fingerprint density at radius 1 is 1.11 bits per heavy atom. The van der Waals surface area contributed by atoms with Gasteiger partial charge in [-0.15, -0.1) is 0 Å². The van der Waals surface area contributed by atoms with Gasteiger partial charge >= 0.3 is 0 Å². The van der Waals surface area contributed by atoms with Crippen molar-refractivity contribution in [2.75, 3.05) is 24.3 Å². The van der Waals surface area contributed by atoms with Crippen molar-refractivity contribution in [2.24, 2.45) is 0 Å². The Morgan fingerprint density at radius 3 is 2.61 bits per heavy atom. The highest BCUT2D eigenvalue weighted by Crippen LogP contribution is 2.14. The minimum atomic E-state index is -0.422. The van der Waals surface area contributed by atoms with Crippen LogP contribution in [0.2, 0.25) is 0 Å². The van der Waals surface area contributed by atoms with Gasteiger partial charge in [-0.1, -0.05) is 18.2 Å². The zero-order valence-electron chi connectivity index (χ0n) is 15.7. The normalized spacial score (nSPS) is 10.4. The van der Waals surface area contributed by atoms with Crippen molar-refractivity contribution in [1.82, 2.24) is 9.97 Å². The van der Waals surface area contributed by atoms with Crippen LogP contribution in [0.25, 0.3) is 0 Å². The second kappa shape index (κ2) is 8.94. The number of nitrogens with zero attached hydrogens (tertiary/aromatic N) is 2. The van der Waals surface area contributed by atoms with Gasteiger partial charge in [-0.3, -0.25) is 4.79 Å². The van der Waals surface area contributed by atoms with Crippen LogP contribution in [0.1, 0.15) is 21.9 Å². The number of hydrogen-bond acceptors (Lipinski definition) is 5. The van der Waals surface area contributed by atoms with Gasteiger partial charge < -0.3 is 15.4 Å². The Bertz CT molecular complexity index is 961. The Morgan fingerprint density at radius 2 is 1.89 bits per heavy atom. The zero-order valence-corrected chi connectivity index (χ0v) is 15.7. The molecule has 28 heavy (non-hydrogen) atoms. The van der Waals surface area contributed by atoms with Crippen molar-refractivity contribution >= 4 is 17.4 Å². The van der Waals surface area contributed by atoms with E-state index in [0.717, 1.165) is 17.7 Å². The molecule has 144 valence electrons. The average molecular weight is 380 g/mol. The molecule has 3 rings (SSSR count). The molecule has 0 aliphatic heterocycles. The minimum Gasteiger partial charge on any atom is -0.497 e. The molecule has 0 spiro atoms. The van der Waals surface area contributed by atoms with Crippen LogP contribution >= 0.6 is 0 Å². The lowest BCUT2D eigenvalue weighted by Crippen LogP contribution is -2.16. The first kappa shape index (κ1) is 19.3. The molecule has 1 aromatic heterocycles. The molecule has 0 saturated heterocycles. The lowest BCUT2D eigenvalue weighted by Gasteiger charge is -2.10.